The Balaban J connectivity index is 1.95. The first-order chi connectivity index (χ1) is 11.1. The third kappa shape index (κ3) is 2.73. The third-order valence-corrected chi connectivity index (χ3v) is 5.72. The second-order valence-electron chi connectivity index (χ2n) is 6.95. The van der Waals surface area contributed by atoms with Gasteiger partial charge in [0.1, 0.15) is 0 Å². The molecule has 1 amide bonds. The average Bonchev–Trinajstić information content (AvgIpc) is 2.68. The average molecular weight is 343 g/mol. The van der Waals surface area contributed by atoms with E-state index in [4.69, 9.17) is 0 Å². The number of benzene rings is 2. The highest BCUT2D eigenvalue weighted by Gasteiger charge is 2.43. The van der Waals surface area contributed by atoms with E-state index >= 15 is 0 Å². The minimum Gasteiger partial charge on any atom is -0.307 e. The molecule has 2 aromatic rings. The minimum atomic E-state index is -3.21. The van der Waals surface area contributed by atoms with Crippen LogP contribution >= 0.6 is 0 Å². The van der Waals surface area contributed by atoms with Gasteiger partial charge in [0.05, 0.1) is 16.9 Å². The molecule has 1 aliphatic rings. The summed E-state index contributed by atoms with van der Waals surface area (Å²) in [4.78, 5) is 14.9. The predicted octanol–water partition coefficient (Wildman–Crippen LogP) is 3.22. The van der Waals surface area contributed by atoms with E-state index in [0.29, 0.717) is 6.54 Å². The predicted molar refractivity (Wildman–Crippen MR) is 94.9 cm³/mol. The van der Waals surface area contributed by atoms with Crippen molar-refractivity contribution in [3.63, 3.8) is 0 Å². The first kappa shape index (κ1) is 16.7. The normalized spacial score (nSPS) is 16.3. The number of sulfone groups is 1. The first-order valence-electron chi connectivity index (χ1n) is 7.83. The van der Waals surface area contributed by atoms with E-state index in [2.05, 4.69) is 6.07 Å². The van der Waals surface area contributed by atoms with Crippen molar-refractivity contribution in [2.75, 3.05) is 11.2 Å². The lowest BCUT2D eigenvalue weighted by Crippen LogP contribution is -2.35. The van der Waals surface area contributed by atoms with E-state index in [-0.39, 0.29) is 10.8 Å². The Morgan fingerprint density at radius 3 is 2.25 bits per heavy atom. The number of fused-ring (bicyclic) bond motifs is 1. The first-order valence-corrected chi connectivity index (χ1v) is 9.72. The molecule has 0 unspecified atom stereocenters. The summed E-state index contributed by atoms with van der Waals surface area (Å²) in [5.41, 5.74) is 3.46. The highest BCUT2D eigenvalue weighted by atomic mass is 32.2. The van der Waals surface area contributed by atoms with Gasteiger partial charge >= 0.3 is 0 Å². The maximum atomic E-state index is 12.9. The van der Waals surface area contributed by atoms with Crippen LogP contribution in [0.25, 0.3) is 0 Å². The quantitative estimate of drug-likeness (QED) is 0.860. The second-order valence-corrected chi connectivity index (χ2v) is 8.97. The molecule has 0 N–H and O–H groups in total. The Morgan fingerprint density at radius 1 is 1.04 bits per heavy atom. The van der Waals surface area contributed by atoms with E-state index in [1.807, 2.05) is 32.9 Å². The van der Waals surface area contributed by atoms with E-state index < -0.39 is 15.3 Å². The molecule has 2 aromatic carbocycles. The highest BCUT2D eigenvalue weighted by Crippen LogP contribution is 2.42. The molecule has 0 atom stereocenters. The zero-order chi connectivity index (χ0) is 17.7. The van der Waals surface area contributed by atoms with Crippen LogP contribution in [-0.2, 0) is 26.6 Å². The molecule has 0 aliphatic carbocycles. The molecule has 0 bridgehead atoms. The lowest BCUT2D eigenvalue weighted by atomic mass is 9.85. The molecule has 0 radical (unpaired) electrons. The molecular weight excluding hydrogens is 322 g/mol. The van der Waals surface area contributed by atoms with Crippen LogP contribution in [0, 0.1) is 6.92 Å². The highest BCUT2D eigenvalue weighted by molar-refractivity contribution is 7.90. The van der Waals surface area contributed by atoms with Crippen molar-refractivity contribution >= 4 is 21.4 Å². The second kappa shape index (κ2) is 5.45. The van der Waals surface area contributed by atoms with Crippen molar-refractivity contribution in [1.82, 2.24) is 0 Å². The van der Waals surface area contributed by atoms with Gasteiger partial charge in [-0.2, -0.15) is 0 Å². The Morgan fingerprint density at radius 2 is 1.67 bits per heavy atom. The molecule has 0 saturated carbocycles. The summed E-state index contributed by atoms with van der Waals surface area (Å²) in [6.45, 7) is 6.34. The summed E-state index contributed by atoms with van der Waals surface area (Å²) < 4.78 is 23.1. The molecule has 24 heavy (non-hydrogen) atoms. The number of amides is 1. The smallest absolute Gasteiger partial charge is 0.237 e. The molecule has 0 saturated heterocycles. The van der Waals surface area contributed by atoms with Gasteiger partial charge < -0.3 is 4.90 Å². The van der Waals surface area contributed by atoms with Crippen LogP contribution in [0.1, 0.15) is 30.5 Å². The number of rotatable bonds is 3. The summed E-state index contributed by atoms with van der Waals surface area (Å²) >= 11 is 0. The zero-order valence-corrected chi connectivity index (χ0v) is 15.1. The molecule has 0 aromatic heterocycles. The molecule has 3 rings (SSSR count). The number of carbonyl (C=O) groups is 1. The SMILES string of the molecule is Cc1ccc2c(c1)C(C)(C)C(=O)N2Cc1ccc(S(C)(=O)=O)cc1. The fourth-order valence-electron chi connectivity index (χ4n) is 3.13. The molecule has 5 heteroatoms. The Kier molecular flexibility index (Phi) is 3.79. The van der Waals surface area contributed by atoms with Gasteiger partial charge in [0.15, 0.2) is 9.84 Å². The largest absolute Gasteiger partial charge is 0.307 e. The molecule has 0 spiro atoms. The lowest BCUT2D eigenvalue weighted by molar-refractivity contribution is -0.122. The van der Waals surface area contributed by atoms with Gasteiger partial charge in [-0.3, -0.25) is 4.79 Å². The van der Waals surface area contributed by atoms with Gasteiger partial charge in [-0.25, -0.2) is 8.42 Å². The van der Waals surface area contributed by atoms with Crippen LogP contribution in [0.3, 0.4) is 0 Å². The van der Waals surface area contributed by atoms with Crippen molar-refractivity contribution < 1.29 is 13.2 Å². The summed E-state index contributed by atoms with van der Waals surface area (Å²) in [6.07, 6.45) is 1.19. The number of hydrogen-bond donors (Lipinski definition) is 0. The van der Waals surface area contributed by atoms with Crippen molar-refractivity contribution in [3.8, 4) is 0 Å². The van der Waals surface area contributed by atoms with Crippen molar-refractivity contribution in [3.05, 3.63) is 59.2 Å². The Hall–Kier alpha value is -2.14. The maximum Gasteiger partial charge on any atom is 0.237 e. The van der Waals surface area contributed by atoms with Gasteiger partial charge in [0.25, 0.3) is 0 Å². The summed E-state index contributed by atoms with van der Waals surface area (Å²) in [6, 6.07) is 12.8. The van der Waals surface area contributed by atoms with E-state index in [1.165, 1.54) is 6.26 Å². The third-order valence-electron chi connectivity index (χ3n) is 4.59. The van der Waals surface area contributed by atoms with E-state index in [1.54, 1.807) is 29.2 Å². The molecule has 126 valence electrons. The zero-order valence-electron chi connectivity index (χ0n) is 14.3. The van der Waals surface area contributed by atoms with Crippen molar-refractivity contribution in [2.45, 2.75) is 37.6 Å². The van der Waals surface area contributed by atoms with Gasteiger partial charge in [-0.15, -0.1) is 0 Å². The Labute approximate surface area is 143 Å². The number of carbonyl (C=O) groups excluding carboxylic acids is 1. The van der Waals surface area contributed by atoms with E-state index in [0.717, 1.165) is 22.4 Å². The molecule has 1 aliphatic heterocycles. The standard InChI is InChI=1S/C19H21NO3S/c1-13-5-10-17-16(11-13)19(2,3)18(21)20(17)12-14-6-8-15(9-7-14)24(4,22)23/h5-11H,12H2,1-4H3. The van der Waals surface area contributed by atoms with Gasteiger partial charge in [0, 0.05) is 11.9 Å². The number of aryl methyl sites for hydroxylation is 1. The molecule has 1 heterocycles. The van der Waals surface area contributed by atoms with Crippen LogP contribution < -0.4 is 4.90 Å². The summed E-state index contributed by atoms with van der Waals surface area (Å²) in [5, 5.41) is 0. The molecule has 0 fully saturated rings. The van der Waals surface area contributed by atoms with Crippen LogP contribution in [0.4, 0.5) is 5.69 Å². The Bertz CT molecular complexity index is 912. The van der Waals surface area contributed by atoms with Crippen LogP contribution in [0.2, 0.25) is 0 Å². The number of nitrogens with zero attached hydrogens (tertiary/aromatic N) is 1. The topological polar surface area (TPSA) is 54.5 Å². The monoisotopic (exact) mass is 343 g/mol. The van der Waals surface area contributed by atoms with Gasteiger partial charge in [-0.1, -0.05) is 29.8 Å². The van der Waals surface area contributed by atoms with Crippen LogP contribution in [-0.4, -0.2) is 20.6 Å². The maximum absolute atomic E-state index is 12.9. The fraction of sp³-hybridized carbons (Fsp3) is 0.316. The summed E-state index contributed by atoms with van der Waals surface area (Å²) in [5.74, 6) is 0.0651. The minimum absolute atomic E-state index is 0.0651. The summed E-state index contributed by atoms with van der Waals surface area (Å²) in [7, 11) is -3.21. The van der Waals surface area contributed by atoms with Gasteiger partial charge in [-0.05, 0) is 50.1 Å². The lowest BCUT2D eigenvalue weighted by Gasteiger charge is -2.20. The molecular formula is C19H21NO3S. The number of anilines is 1. The van der Waals surface area contributed by atoms with E-state index in [9.17, 15) is 13.2 Å². The van der Waals surface area contributed by atoms with Crippen LogP contribution in [0.15, 0.2) is 47.4 Å². The number of hydrogen-bond acceptors (Lipinski definition) is 3. The van der Waals surface area contributed by atoms with Gasteiger partial charge in [0.2, 0.25) is 5.91 Å². The molecule has 4 nitrogen and oxygen atoms in total. The van der Waals surface area contributed by atoms with Crippen molar-refractivity contribution in [1.29, 1.82) is 0 Å². The fourth-order valence-corrected chi connectivity index (χ4v) is 3.76. The van der Waals surface area contributed by atoms with Crippen molar-refractivity contribution in [2.24, 2.45) is 0 Å². The van der Waals surface area contributed by atoms with Crippen LogP contribution in [0.5, 0.6) is 0 Å².